The minimum atomic E-state index is -1.07. The number of aryl methyl sites for hydroxylation is 1. The zero-order valence-corrected chi connectivity index (χ0v) is 17.3. The molecular weight excluding hydrogens is 402 g/mol. The van der Waals surface area contributed by atoms with Crippen LogP contribution in [-0.2, 0) is 9.53 Å². The number of halogens is 1. The van der Waals surface area contributed by atoms with Crippen LogP contribution in [0, 0.1) is 6.92 Å². The van der Waals surface area contributed by atoms with Crippen molar-refractivity contribution < 1.29 is 19.1 Å². The summed E-state index contributed by atoms with van der Waals surface area (Å²) in [5.74, 6) is -1.55. The molecule has 5 nitrogen and oxygen atoms in total. The summed E-state index contributed by atoms with van der Waals surface area (Å²) in [5.41, 5.74) is 2.16. The third-order valence-electron chi connectivity index (χ3n) is 4.52. The highest BCUT2D eigenvalue weighted by Crippen LogP contribution is 2.21. The number of anilines is 1. The normalized spacial score (nSPS) is 11.4. The molecule has 3 rings (SSSR count). The smallest absolute Gasteiger partial charge is 0.339 e. The van der Waals surface area contributed by atoms with Gasteiger partial charge in [0.1, 0.15) is 0 Å². The topological polar surface area (TPSA) is 72.5 Å². The van der Waals surface area contributed by atoms with Crippen LogP contribution < -0.4 is 5.32 Å². The Morgan fingerprint density at radius 3 is 2.20 bits per heavy atom. The van der Waals surface area contributed by atoms with Crippen molar-refractivity contribution in [1.29, 1.82) is 0 Å². The summed E-state index contributed by atoms with van der Waals surface area (Å²) < 4.78 is 5.31. The number of carbonyl (C=O) groups excluding carboxylic acids is 3. The molecule has 0 spiro atoms. The minimum absolute atomic E-state index is 0.101. The number of ether oxygens (including phenoxy) is 1. The van der Waals surface area contributed by atoms with Crippen molar-refractivity contribution >= 4 is 34.9 Å². The molecule has 0 aliphatic carbocycles. The van der Waals surface area contributed by atoms with E-state index in [1.54, 1.807) is 66.7 Å². The Labute approximate surface area is 179 Å². The van der Waals surface area contributed by atoms with Gasteiger partial charge in [0.15, 0.2) is 11.9 Å². The molecule has 0 aliphatic heterocycles. The van der Waals surface area contributed by atoms with Crippen molar-refractivity contribution in [3.05, 3.63) is 100 Å². The van der Waals surface area contributed by atoms with E-state index in [-0.39, 0.29) is 16.9 Å². The highest BCUT2D eigenvalue weighted by Gasteiger charge is 2.23. The monoisotopic (exact) mass is 421 g/mol. The van der Waals surface area contributed by atoms with Gasteiger partial charge in [0.2, 0.25) is 0 Å². The molecule has 0 fully saturated rings. The zero-order valence-electron chi connectivity index (χ0n) is 16.5. The van der Waals surface area contributed by atoms with Crippen molar-refractivity contribution in [2.75, 3.05) is 5.32 Å². The van der Waals surface area contributed by atoms with E-state index in [1.807, 2.05) is 6.92 Å². The number of amides is 1. The van der Waals surface area contributed by atoms with Gasteiger partial charge in [-0.05, 0) is 37.6 Å². The van der Waals surface area contributed by atoms with E-state index in [0.717, 1.165) is 5.56 Å². The number of nitrogens with one attached hydrogen (secondary N) is 1. The second-order valence-electron chi connectivity index (χ2n) is 6.74. The molecule has 1 atom stereocenters. The van der Waals surface area contributed by atoms with Gasteiger partial charge in [0.25, 0.3) is 5.91 Å². The maximum atomic E-state index is 12.8. The summed E-state index contributed by atoms with van der Waals surface area (Å²) in [4.78, 5) is 37.9. The van der Waals surface area contributed by atoms with E-state index in [9.17, 15) is 14.4 Å². The van der Waals surface area contributed by atoms with Gasteiger partial charge in [-0.2, -0.15) is 0 Å². The van der Waals surface area contributed by atoms with Crippen LogP contribution in [0.5, 0.6) is 0 Å². The first kappa shape index (κ1) is 21.3. The predicted octanol–water partition coefficient (Wildman–Crippen LogP) is 5.06. The maximum absolute atomic E-state index is 12.8. The molecule has 1 unspecified atom stereocenters. The van der Waals surface area contributed by atoms with Crippen molar-refractivity contribution in [3.8, 4) is 0 Å². The Balaban J connectivity index is 1.73. The molecule has 0 saturated heterocycles. The summed E-state index contributed by atoms with van der Waals surface area (Å²) in [6.45, 7) is 3.32. The molecule has 6 heteroatoms. The Morgan fingerprint density at radius 1 is 0.900 bits per heavy atom. The second-order valence-corrected chi connectivity index (χ2v) is 7.15. The SMILES string of the molecule is Cc1ccc(NC(=O)C(C)OC(=O)c2ccccc2C(=O)c2ccccc2)cc1Cl. The Bertz CT molecular complexity index is 1100. The average molecular weight is 422 g/mol. The predicted molar refractivity (Wildman–Crippen MR) is 116 cm³/mol. The van der Waals surface area contributed by atoms with E-state index in [1.165, 1.54) is 13.0 Å². The molecule has 30 heavy (non-hydrogen) atoms. The lowest BCUT2D eigenvalue weighted by molar-refractivity contribution is -0.123. The Kier molecular flexibility index (Phi) is 6.65. The molecule has 3 aromatic carbocycles. The largest absolute Gasteiger partial charge is 0.449 e. The number of hydrogen-bond donors (Lipinski definition) is 1. The van der Waals surface area contributed by atoms with Gasteiger partial charge in [-0.3, -0.25) is 9.59 Å². The summed E-state index contributed by atoms with van der Waals surface area (Å²) >= 11 is 6.07. The Morgan fingerprint density at radius 2 is 1.53 bits per heavy atom. The van der Waals surface area contributed by atoms with Crippen molar-refractivity contribution in [2.24, 2.45) is 0 Å². The molecule has 1 N–H and O–H groups in total. The lowest BCUT2D eigenvalue weighted by Gasteiger charge is -2.15. The lowest BCUT2D eigenvalue weighted by Crippen LogP contribution is -2.30. The molecule has 0 heterocycles. The zero-order chi connectivity index (χ0) is 21.7. The van der Waals surface area contributed by atoms with Crippen molar-refractivity contribution in [3.63, 3.8) is 0 Å². The third-order valence-corrected chi connectivity index (χ3v) is 4.93. The molecule has 0 aliphatic rings. The molecule has 0 radical (unpaired) electrons. The van der Waals surface area contributed by atoms with E-state index >= 15 is 0 Å². The van der Waals surface area contributed by atoms with Crippen LogP contribution in [0.1, 0.15) is 38.8 Å². The van der Waals surface area contributed by atoms with E-state index < -0.39 is 18.0 Å². The molecule has 0 bridgehead atoms. The maximum Gasteiger partial charge on any atom is 0.339 e. The van der Waals surface area contributed by atoms with E-state index in [2.05, 4.69) is 5.32 Å². The second kappa shape index (κ2) is 9.37. The summed E-state index contributed by atoms with van der Waals surface area (Å²) in [5, 5.41) is 3.18. The quantitative estimate of drug-likeness (QED) is 0.446. The van der Waals surface area contributed by atoms with Crippen molar-refractivity contribution in [2.45, 2.75) is 20.0 Å². The van der Waals surface area contributed by atoms with Gasteiger partial charge < -0.3 is 10.1 Å². The van der Waals surface area contributed by atoms with Crippen LogP contribution in [0.2, 0.25) is 5.02 Å². The summed E-state index contributed by atoms with van der Waals surface area (Å²) in [6, 6.07) is 20.1. The number of carbonyl (C=O) groups is 3. The van der Waals surface area contributed by atoms with Crippen LogP contribution in [0.4, 0.5) is 5.69 Å². The standard InChI is InChI=1S/C24H20ClNO4/c1-15-12-13-18(14-21(15)25)26-23(28)16(2)30-24(29)20-11-7-6-10-19(20)22(27)17-8-4-3-5-9-17/h3-14,16H,1-2H3,(H,26,28). The van der Waals surface area contributed by atoms with Gasteiger partial charge in [-0.15, -0.1) is 0 Å². The fraction of sp³-hybridized carbons (Fsp3) is 0.125. The number of hydrogen-bond acceptors (Lipinski definition) is 4. The average Bonchev–Trinajstić information content (AvgIpc) is 2.76. The van der Waals surface area contributed by atoms with Gasteiger partial charge in [-0.1, -0.05) is 66.2 Å². The number of ketones is 1. The molecule has 0 aromatic heterocycles. The molecule has 1 amide bonds. The van der Waals surface area contributed by atoms with Crippen LogP contribution in [0.3, 0.4) is 0 Å². The van der Waals surface area contributed by atoms with Gasteiger partial charge in [0.05, 0.1) is 5.56 Å². The van der Waals surface area contributed by atoms with Crippen molar-refractivity contribution in [1.82, 2.24) is 0 Å². The lowest BCUT2D eigenvalue weighted by atomic mass is 9.98. The van der Waals surface area contributed by atoms with E-state index in [4.69, 9.17) is 16.3 Å². The fourth-order valence-corrected chi connectivity index (χ4v) is 2.98. The summed E-state index contributed by atoms with van der Waals surface area (Å²) in [7, 11) is 0. The van der Waals surface area contributed by atoms with Crippen LogP contribution >= 0.6 is 11.6 Å². The molecular formula is C24H20ClNO4. The first-order valence-corrected chi connectivity index (χ1v) is 9.71. The first-order valence-electron chi connectivity index (χ1n) is 9.33. The van der Waals surface area contributed by atoms with Gasteiger partial charge >= 0.3 is 5.97 Å². The molecule has 152 valence electrons. The van der Waals surface area contributed by atoms with E-state index in [0.29, 0.717) is 16.3 Å². The number of rotatable bonds is 6. The molecule has 3 aromatic rings. The highest BCUT2D eigenvalue weighted by molar-refractivity contribution is 6.31. The highest BCUT2D eigenvalue weighted by atomic mass is 35.5. The summed E-state index contributed by atoms with van der Waals surface area (Å²) in [6.07, 6.45) is -1.07. The van der Waals surface area contributed by atoms with Crippen LogP contribution in [0.15, 0.2) is 72.8 Å². The molecule has 0 saturated carbocycles. The third kappa shape index (κ3) is 4.93. The van der Waals surface area contributed by atoms with Gasteiger partial charge in [0, 0.05) is 21.8 Å². The number of esters is 1. The minimum Gasteiger partial charge on any atom is -0.449 e. The van der Waals surface area contributed by atoms with Crippen LogP contribution in [-0.4, -0.2) is 23.8 Å². The first-order chi connectivity index (χ1) is 14.4. The number of benzene rings is 3. The van der Waals surface area contributed by atoms with Crippen LogP contribution in [0.25, 0.3) is 0 Å². The fourth-order valence-electron chi connectivity index (χ4n) is 2.80. The van der Waals surface area contributed by atoms with Gasteiger partial charge in [-0.25, -0.2) is 4.79 Å². The Hall–Kier alpha value is -3.44.